The van der Waals surface area contributed by atoms with Crippen molar-refractivity contribution in [1.82, 2.24) is 15.6 Å². The molecule has 34 heavy (non-hydrogen) atoms. The highest BCUT2D eigenvalue weighted by atomic mass is 16.6. The van der Waals surface area contributed by atoms with Crippen LogP contribution in [-0.2, 0) is 10.3 Å². The lowest BCUT2D eigenvalue weighted by molar-refractivity contribution is 0.0520. The van der Waals surface area contributed by atoms with Crippen molar-refractivity contribution in [1.29, 1.82) is 0 Å². The topological polar surface area (TPSA) is 89.5 Å². The Morgan fingerprint density at radius 2 is 1.88 bits per heavy atom. The highest BCUT2D eigenvalue weighted by Crippen LogP contribution is 2.48. The number of aromatic nitrogens is 1. The number of aryl methyl sites for hydroxylation is 1. The van der Waals surface area contributed by atoms with Gasteiger partial charge >= 0.3 is 6.09 Å². The van der Waals surface area contributed by atoms with Gasteiger partial charge in [-0.3, -0.25) is 9.78 Å². The maximum atomic E-state index is 13.3. The van der Waals surface area contributed by atoms with Crippen LogP contribution in [0.3, 0.4) is 0 Å². The fourth-order valence-electron chi connectivity index (χ4n) is 3.96. The van der Waals surface area contributed by atoms with Crippen LogP contribution in [0.4, 0.5) is 4.79 Å². The molecule has 1 aromatic heterocycles. The molecule has 4 rings (SSSR count). The Balaban J connectivity index is 1.41. The Morgan fingerprint density at radius 1 is 1.09 bits per heavy atom. The summed E-state index contributed by atoms with van der Waals surface area (Å²) in [5.41, 5.74) is 2.54. The van der Waals surface area contributed by atoms with Crippen molar-refractivity contribution in [3.05, 3.63) is 71.4 Å². The van der Waals surface area contributed by atoms with Gasteiger partial charge in [-0.1, -0.05) is 24.3 Å². The van der Waals surface area contributed by atoms with E-state index in [1.165, 1.54) is 0 Å². The van der Waals surface area contributed by atoms with Crippen LogP contribution >= 0.6 is 0 Å². The van der Waals surface area contributed by atoms with Crippen molar-refractivity contribution in [3.8, 4) is 5.75 Å². The molecule has 0 saturated heterocycles. The number of alkyl carbamates (subject to hydrolysis) is 1. The van der Waals surface area contributed by atoms with E-state index in [4.69, 9.17) is 9.47 Å². The van der Waals surface area contributed by atoms with Gasteiger partial charge in [-0.2, -0.15) is 0 Å². The minimum atomic E-state index is -0.550. The van der Waals surface area contributed by atoms with Crippen LogP contribution in [0.1, 0.15) is 55.1 Å². The Morgan fingerprint density at radius 3 is 2.62 bits per heavy atom. The largest absolute Gasteiger partial charge is 0.492 e. The quantitative estimate of drug-likeness (QED) is 0.490. The number of hydrogen-bond donors (Lipinski definition) is 2. The number of pyridine rings is 1. The van der Waals surface area contributed by atoms with Crippen LogP contribution in [0, 0.1) is 6.92 Å². The van der Waals surface area contributed by atoms with E-state index in [0.29, 0.717) is 17.9 Å². The average molecular weight is 462 g/mol. The van der Waals surface area contributed by atoms with Gasteiger partial charge in [0.2, 0.25) is 0 Å². The molecule has 1 aliphatic rings. The number of amides is 2. The predicted octanol–water partition coefficient (Wildman–Crippen LogP) is 4.87. The average Bonchev–Trinajstić information content (AvgIpc) is 3.56. The van der Waals surface area contributed by atoms with Crippen LogP contribution in [0.2, 0.25) is 0 Å². The molecule has 0 atom stereocenters. The van der Waals surface area contributed by atoms with Crippen LogP contribution < -0.4 is 15.4 Å². The van der Waals surface area contributed by atoms with Gasteiger partial charge < -0.3 is 20.1 Å². The van der Waals surface area contributed by atoms with Crippen molar-refractivity contribution in [2.75, 3.05) is 13.2 Å². The van der Waals surface area contributed by atoms with E-state index in [2.05, 4.69) is 27.8 Å². The van der Waals surface area contributed by atoms with Gasteiger partial charge in [0.1, 0.15) is 18.0 Å². The number of benzene rings is 2. The fourth-order valence-corrected chi connectivity index (χ4v) is 3.96. The molecule has 3 aromatic rings. The zero-order valence-corrected chi connectivity index (χ0v) is 20.1. The van der Waals surface area contributed by atoms with Crippen molar-refractivity contribution < 1.29 is 19.1 Å². The van der Waals surface area contributed by atoms with Crippen molar-refractivity contribution in [2.45, 2.75) is 51.7 Å². The number of ether oxygens (including phenoxy) is 2. The summed E-state index contributed by atoms with van der Waals surface area (Å²) in [7, 11) is 0. The van der Waals surface area contributed by atoms with E-state index in [1.807, 2.05) is 58.0 Å². The summed E-state index contributed by atoms with van der Waals surface area (Å²) in [5, 5.41) is 6.99. The van der Waals surface area contributed by atoms with Crippen LogP contribution in [0.5, 0.6) is 5.75 Å². The molecular weight excluding hydrogens is 430 g/mol. The second kappa shape index (κ2) is 9.33. The number of rotatable bonds is 7. The van der Waals surface area contributed by atoms with Gasteiger partial charge in [0.25, 0.3) is 5.91 Å². The molecule has 1 aliphatic carbocycles. The highest BCUT2D eigenvalue weighted by Gasteiger charge is 2.46. The molecule has 0 radical (unpaired) electrons. The first-order chi connectivity index (χ1) is 16.2. The molecule has 0 aliphatic heterocycles. The first-order valence-electron chi connectivity index (χ1n) is 11.5. The van der Waals surface area contributed by atoms with Gasteiger partial charge in [-0.05, 0) is 75.9 Å². The highest BCUT2D eigenvalue weighted by molar-refractivity contribution is 5.97. The summed E-state index contributed by atoms with van der Waals surface area (Å²) in [6.07, 6.45) is 3.07. The summed E-state index contributed by atoms with van der Waals surface area (Å²) in [6.45, 7) is 7.89. The van der Waals surface area contributed by atoms with Crippen molar-refractivity contribution >= 4 is 22.9 Å². The molecule has 178 valence electrons. The lowest BCUT2D eigenvalue weighted by Gasteiger charge is -2.21. The Hall–Kier alpha value is -3.61. The molecule has 2 N–H and O–H groups in total. The molecule has 1 fully saturated rings. The third-order valence-corrected chi connectivity index (χ3v) is 5.76. The third kappa shape index (κ3) is 5.47. The minimum Gasteiger partial charge on any atom is -0.492 e. The van der Waals surface area contributed by atoms with E-state index >= 15 is 0 Å². The van der Waals surface area contributed by atoms with Crippen LogP contribution in [-0.4, -0.2) is 35.7 Å². The fraction of sp³-hybridized carbons (Fsp3) is 0.370. The molecule has 1 heterocycles. The van der Waals surface area contributed by atoms with E-state index in [-0.39, 0.29) is 18.1 Å². The Labute approximate surface area is 199 Å². The van der Waals surface area contributed by atoms with Gasteiger partial charge in [0.05, 0.1) is 17.6 Å². The molecule has 0 bridgehead atoms. The van der Waals surface area contributed by atoms with Gasteiger partial charge in [-0.25, -0.2) is 4.79 Å². The molecule has 2 aromatic carbocycles. The normalized spacial score (nSPS) is 14.4. The second-order valence-electron chi connectivity index (χ2n) is 9.67. The standard InChI is InChI=1S/C27H31N3O4/c1-18-10-11-19(33-16-15-29-25(32)34-26(2,3)4)17-21(18)24(31)30-27(12-13-27)22-8-5-9-23-20(22)7-6-14-28-23/h5-11,14,17H,12-13,15-16H2,1-4H3,(H,29,32)(H,30,31). The van der Waals surface area contributed by atoms with Gasteiger partial charge in [0.15, 0.2) is 0 Å². The first kappa shape index (κ1) is 23.5. The summed E-state index contributed by atoms with van der Waals surface area (Å²) >= 11 is 0. The second-order valence-corrected chi connectivity index (χ2v) is 9.67. The smallest absolute Gasteiger partial charge is 0.407 e. The number of nitrogens with zero attached hydrogens (tertiary/aromatic N) is 1. The number of carbonyl (C=O) groups excluding carboxylic acids is 2. The van der Waals surface area contributed by atoms with Gasteiger partial charge in [0, 0.05) is 17.1 Å². The zero-order chi connectivity index (χ0) is 24.3. The molecule has 2 amide bonds. The lowest BCUT2D eigenvalue weighted by Crippen LogP contribution is -2.35. The summed E-state index contributed by atoms with van der Waals surface area (Å²) in [4.78, 5) is 29.5. The molecule has 7 nitrogen and oxygen atoms in total. The maximum Gasteiger partial charge on any atom is 0.407 e. The maximum absolute atomic E-state index is 13.3. The zero-order valence-electron chi connectivity index (χ0n) is 20.1. The number of fused-ring (bicyclic) bond motifs is 1. The van der Waals surface area contributed by atoms with E-state index < -0.39 is 11.7 Å². The number of carbonyl (C=O) groups is 2. The monoisotopic (exact) mass is 461 g/mol. The molecule has 7 heteroatoms. The summed E-state index contributed by atoms with van der Waals surface area (Å²) in [5.74, 6) is 0.439. The lowest BCUT2D eigenvalue weighted by atomic mass is 9.98. The summed E-state index contributed by atoms with van der Waals surface area (Å²) in [6, 6.07) is 15.5. The molecule has 0 unspecified atom stereocenters. The van der Waals surface area contributed by atoms with Crippen LogP contribution in [0.25, 0.3) is 10.9 Å². The van der Waals surface area contributed by atoms with Crippen molar-refractivity contribution in [3.63, 3.8) is 0 Å². The van der Waals surface area contributed by atoms with E-state index in [9.17, 15) is 9.59 Å². The predicted molar refractivity (Wildman–Crippen MR) is 131 cm³/mol. The molecular formula is C27H31N3O4. The molecule has 0 spiro atoms. The SMILES string of the molecule is Cc1ccc(OCCNC(=O)OC(C)(C)C)cc1C(=O)NC1(c2cccc3ncccc23)CC1. The van der Waals surface area contributed by atoms with Gasteiger partial charge in [-0.15, -0.1) is 0 Å². The minimum absolute atomic E-state index is 0.131. The van der Waals surface area contributed by atoms with Crippen molar-refractivity contribution in [2.24, 2.45) is 0 Å². The Bertz CT molecular complexity index is 1210. The summed E-state index contributed by atoms with van der Waals surface area (Å²) < 4.78 is 11.0. The third-order valence-electron chi connectivity index (χ3n) is 5.76. The van der Waals surface area contributed by atoms with E-state index in [1.54, 1.807) is 12.3 Å². The van der Waals surface area contributed by atoms with Crippen LogP contribution in [0.15, 0.2) is 54.7 Å². The molecule has 1 saturated carbocycles. The Kier molecular flexibility index (Phi) is 6.46. The first-order valence-corrected chi connectivity index (χ1v) is 11.5. The number of hydrogen-bond acceptors (Lipinski definition) is 5. The number of nitrogens with one attached hydrogen (secondary N) is 2. The van der Waals surface area contributed by atoms with E-state index in [0.717, 1.165) is 34.9 Å².